The van der Waals surface area contributed by atoms with Crippen LogP contribution in [0.3, 0.4) is 0 Å². The van der Waals surface area contributed by atoms with Crippen molar-refractivity contribution < 1.29 is 33.3 Å². The number of nitrogens with zero attached hydrogens (tertiary/aromatic N) is 1. The number of carbonyl (C=O) groups excluding carboxylic acids is 2. The van der Waals surface area contributed by atoms with Gasteiger partial charge in [0.15, 0.2) is 5.79 Å². The van der Waals surface area contributed by atoms with Gasteiger partial charge in [-0.2, -0.15) is 0 Å². The number of hydrogen-bond donors (Lipinski definition) is 0. The average molecular weight is 434 g/mol. The van der Waals surface area contributed by atoms with Crippen molar-refractivity contribution >= 4 is 23.0 Å². The number of fused-ring (bicyclic) bond motifs is 1. The molecular formula is C23H31NO7. The Morgan fingerprint density at radius 3 is 2.58 bits per heavy atom. The van der Waals surface area contributed by atoms with Crippen LogP contribution in [-0.2, 0) is 18.9 Å². The molecule has 3 rings (SSSR count). The zero-order chi connectivity index (χ0) is 22.8. The van der Waals surface area contributed by atoms with Gasteiger partial charge in [0.25, 0.3) is 0 Å². The SMILES string of the molecule is CCOC(=O)c1cc2cc(OCC[C@H]3COC(C)(C)O3)ccc2n1C(=O)OC(C)(C)C. The second-order valence-corrected chi connectivity index (χ2v) is 8.87. The maximum atomic E-state index is 12.8. The molecule has 2 aromatic rings. The van der Waals surface area contributed by atoms with Crippen LogP contribution in [0, 0.1) is 0 Å². The molecule has 0 bridgehead atoms. The molecule has 1 saturated heterocycles. The van der Waals surface area contributed by atoms with Gasteiger partial charge in [0.05, 0.1) is 31.4 Å². The van der Waals surface area contributed by atoms with Crippen LogP contribution in [0.4, 0.5) is 4.79 Å². The molecule has 2 heterocycles. The first-order valence-electron chi connectivity index (χ1n) is 10.5. The normalized spacial score (nSPS) is 18.2. The van der Waals surface area contributed by atoms with Gasteiger partial charge in [0.1, 0.15) is 17.0 Å². The third-order valence-electron chi connectivity index (χ3n) is 4.61. The van der Waals surface area contributed by atoms with Crippen molar-refractivity contribution in [2.24, 2.45) is 0 Å². The maximum absolute atomic E-state index is 12.8. The summed E-state index contributed by atoms with van der Waals surface area (Å²) in [6, 6.07) is 6.89. The molecule has 8 nitrogen and oxygen atoms in total. The molecule has 1 aromatic heterocycles. The summed E-state index contributed by atoms with van der Waals surface area (Å²) in [4.78, 5) is 25.3. The van der Waals surface area contributed by atoms with Crippen LogP contribution in [-0.4, -0.2) is 53.9 Å². The van der Waals surface area contributed by atoms with Gasteiger partial charge in [-0.25, -0.2) is 14.2 Å². The number of rotatable bonds is 6. The minimum atomic E-state index is -0.705. The van der Waals surface area contributed by atoms with Crippen LogP contribution in [0.15, 0.2) is 24.3 Å². The molecule has 0 radical (unpaired) electrons. The predicted molar refractivity (Wildman–Crippen MR) is 115 cm³/mol. The Morgan fingerprint density at radius 2 is 1.97 bits per heavy atom. The standard InChI is InChI=1S/C23H31NO7/c1-7-27-20(25)19-13-15-12-16(28-11-10-17-14-29-23(5,6)30-17)8-9-18(15)24(19)21(26)31-22(2,3)4/h8-9,12-13,17H,7,10-11,14H2,1-6H3/t17-/m0/s1. The third-order valence-corrected chi connectivity index (χ3v) is 4.61. The lowest BCUT2D eigenvalue weighted by Gasteiger charge is -2.20. The Balaban J connectivity index is 1.80. The van der Waals surface area contributed by atoms with Crippen molar-refractivity contribution in [1.29, 1.82) is 0 Å². The van der Waals surface area contributed by atoms with Gasteiger partial charge >= 0.3 is 12.1 Å². The third kappa shape index (κ3) is 5.77. The zero-order valence-corrected chi connectivity index (χ0v) is 19.0. The molecule has 0 spiro atoms. The smallest absolute Gasteiger partial charge is 0.419 e. The predicted octanol–water partition coefficient (Wildman–Crippen LogP) is 4.52. The fourth-order valence-electron chi connectivity index (χ4n) is 3.36. The van der Waals surface area contributed by atoms with E-state index in [4.69, 9.17) is 23.7 Å². The van der Waals surface area contributed by atoms with E-state index in [0.717, 1.165) is 0 Å². The first-order valence-corrected chi connectivity index (χ1v) is 10.5. The highest BCUT2D eigenvalue weighted by Crippen LogP contribution is 2.28. The highest BCUT2D eigenvalue weighted by Gasteiger charge is 2.32. The van der Waals surface area contributed by atoms with Crippen LogP contribution in [0.25, 0.3) is 10.9 Å². The minimum Gasteiger partial charge on any atom is -0.493 e. The lowest BCUT2D eigenvalue weighted by atomic mass is 10.2. The molecule has 31 heavy (non-hydrogen) atoms. The van der Waals surface area contributed by atoms with E-state index < -0.39 is 23.5 Å². The van der Waals surface area contributed by atoms with E-state index in [0.29, 0.717) is 36.3 Å². The number of esters is 1. The molecule has 170 valence electrons. The molecule has 0 aliphatic carbocycles. The van der Waals surface area contributed by atoms with Crippen LogP contribution in [0.5, 0.6) is 5.75 Å². The van der Waals surface area contributed by atoms with Crippen LogP contribution in [0.1, 0.15) is 58.5 Å². The summed E-state index contributed by atoms with van der Waals surface area (Å²) in [7, 11) is 0. The summed E-state index contributed by atoms with van der Waals surface area (Å²) in [6.45, 7) is 12.0. The average Bonchev–Trinajstić information content (AvgIpc) is 3.20. The van der Waals surface area contributed by atoms with Crippen molar-refractivity contribution in [3.63, 3.8) is 0 Å². The Kier molecular flexibility index (Phi) is 6.62. The van der Waals surface area contributed by atoms with Gasteiger partial charge in [0.2, 0.25) is 0 Å². The number of carbonyl (C=O) groups is 2. The number of aromatic nitrogens is 1. The Bertz CT molecular complexity index is 955. The first-order chi connectivity index (χ1) is 14.5. The quantitative estimate of drug-likeness (QED) is 0.619. The first kappa shape index (κ1) is 23.1. The number of hydrogen-bond acceptors (Lipinski definition) is 7. The molecule has 0 N–H and O–H groups in total. The van der Waals surface area contributed by atoms with E-state index in [1.165, 1.54) is 4.57 Å². The van der Waals surface area contributed by atoms with Crippen molar-refractivity contribution in [3.05, 3.63) is 30.0 Å². The highest BCUT2D eigenvalue weighted by molar-refractivity contribution is 6.01. The van der Waals surface area contributed by atoms with Crippen LogP contribution in [0.2, 0.25) is 0 Å². The molecule has 1 fully saturated rings. The highest BCUT2D eigenvalue weighted by atomic mass is 16.7. The second-order valence-electron chi connectivity index (χ2n) is 8.87. The molecule has 0 amide bonds. The molecule has 1 atom stereocenters. The van der Waals surface area contributed by atoms with E-state index in [9.17, 15) is 9.59 Å². The molecule has 1 aliphatic heterocycles. The summed E-state index contributed by atoms with van der Waals surface area (Å²) in [5.74, 6) is -0.520. The van der Waals surface area contributed by atoms with Crippen molar-refractivity contribution in [2.45, 2.75) is 65.5 Å². The van der Waals surface area contributed by atoms with E-state index in [-0.39, 0.29) is 18.4 Å². The van der Waals surface area contributed by atoms with Crippen molar-refractivity contribution in [2.75, 3.05) is 19.8 Å². The van der Waals surface area contributed by atoms with Crippen LogP contribution >= 0.6 is 0 Å². The van der Waals surface area contributed by atoms with E-state index in [2.05, 4.69) is 0 Å². The molecule has 0 saturated carbocycles. The zero-order valence-electron chi connectivity index (χ0n) is 19.0. The monoisotopic (exact) mass is 433 g/mol. The molecule has 8 heteroatoms. The fourth-order valence-corrected chi connectivity index (χ4v) is 3.36. The van der Waals surface area contributed by atoms with Crippen LogP contribution < -0.4 is 4.74 Å². The van der Waals surface area contributed by atoms with E-state index >= 15 is 0 Å². The second kappa shape index (κ2) is 8.88. The van der Waals surface area contributed by atoms with E-state index in [1.807, 2.05) is 13.8 Å². The molecule has 0 unspecified atom stereocenters. The lowest BCUT2D eigenvalue weighted by molar-refractivity contribution is -0.139. The summed E-state index contributed by atoms with van der Waals surface area (Å²) in [5.41, 5.74) is -0.0515. The largest absolute Gasteiger partial charge is 0.493 e. The van der Waals surface area contributed by atoms with Gasteiger partial charge in [-0.15, -0.1) is 0 Å². The fraction of sp³-hybridized carbons (Fsp3) is 0.565. The van der Waals surface area contributed by atoms with Crippen molar-refractivity contribution in [3.8, 4) is 5.75 Å². The lowest BCUT2D eigenvalue weighted by Crippen LogP contribution is -2.29. The topological polar surface area (TPSA) is 85.2 Å². The minimum absolute atomic E-state index is 0.0117. The summed E-state index contributed by atoms with van der Waals surface area (Å²) < 4.78 is 29.1. The molecular weight excluding hydrogens is 402 g/mol. The molecule has 1 aliphatic rings. The Hall–Kier alpha value is -2.58. The van der Waals surface area contributed by atoms with Gasteiger partial charge < -0.3 is 23.7 Å². The molecule has 1 aromatic carbocycles. The van der Waals surface area contributed by atoms with Gasteiger partial charge in [-0.3, -0.25) is 0 Å². The summed E-state index contributed by atoms with van der Waals surface area (Å²) in [5, 5.41) is 0.674. The van der Waals surface area contributed by atoms with Gasteiger partial charge in [-0.05, 0) is 65.8 Å². The Labute approximate surface area is 182 Å². The Morgan fingerprint density at radius 1 is 1.23 bits per heavy atom. The van der Waals surface area contributed by atoms with E-state index in [1.54, 1.807) is 52.0 Å². The number of ether oxygens (including phenoxy) is 5. The maximum Gasteiger partial charge on any atom is 0.419 e. The summed E-state index contributed by atoms with van der Waals surface area (Å²) >= 11 is 0. The number of benzene rings is 1. The van der Waals surface area contributed by atoms with Crippen molar-refractivity contribution in [1.82, 2.24) is 4.57 Å². The summed E-state index contributed by atoms with van der Waals surface area (Å²) in [6.07, 6.45) is 0.0386. The van der Waals surface area contributed by atoms with Gasteiger partial charge in [-0.1, -0.05) is 0 Å². The van der Waals surface area contributed by atoms with Gasteiger partial charge in [0, 0.05) is 11.8 Å².